The highest BCUT2D eigenvalue weighted by atomic mass is 16.5. The van der Waals surface area contributed by atoms with Crippen LogP contribution in [0.3, 0.4) is 0 Å². The van der Waals surface area contributed by atoms with Crippen molar-refractivity contribution in [3.05, 3.63) is 23.8 Å². The highest BCUT2D eigenvalue weighted by molar-refractivity contribution is 5.44. The van der Waals surface area contributed by atoms with Crippen molar-refractivity contribution in [1.29, 1.82) is 0 Å². The van der Waals surface area contributed by atoms with Gasteiger partial charge in [0.2, 0.25) is 0 Å². The molecule has 0 bridgehead atoms. The van der Waals surface area contributed by atoms with Crippen LogP contribution < -0.4 is 10.1 Å². The summed E-state index contributed by atoms with van der Waals surface area (Å²) >= 11 is 0. The molecule has 0 amide bonds. The summed E-state index contributed by atoms with van der Waals surface area (Å²) < 4.78 is 5.59. The Labute approximate surface area is 107 Å². The molecule has 1 aromatic rings. The Hall–Kier alpha value is -1.26. The highest BCUT2D eigenvalue weighted by Gasteiger charge is 2.32. The number of nitrogens with one attached hydrogen (secondary N) is 1. The number of aromatic hydroxyl groups is 1. The molecule has 3 rings (SSSR count). The number of aliphatic hydroxyl groups excluding tert-OH is 1. The largest absolute Gasteiger partial charge is 0.508 e. The van der Waals surface area contributed by atoms with Gasteiger partial charge in [0.25, 0.3) is 0 Å². The molecule has 1 saturated carbocycles. The van der Waals surface area contributed by atoms with Crippen molar-refractivity contribution in [3.8, 4) is 11.5 Å². The van der Waals surface area contributed by atoms with Gasteiger partial charge in [-0.2, -0.15) is 0 Å². The van der Waals surface area contributed by atoms with Crippen molar-refractivity contribution in [1.82, 2.24) is 5.32 Å². The lowest BCUT2D eigenvalue weighted by molar-refractivity contribution is 0.193. The minimum Gasteiger partial charge on any atom is -0.508 e. The van der Waals surface area contributed by atoms with Crippen molar-refractivity contribution in [3.63, 3.8) is 0 Å². The van der Waals surface area contributed by atoms with Gasteiger partial charge in [-0.1, -0.05) is 6.42 Å². The van der Waals surface area contributed by atoms with Crippen molar-refractivity contribution >= 4 is 0 Å². The summed E-state index contributed by atoms with van der Waals surface area (Å²) in [6.07, 6.45) is 3.40. The van der Waals surface area contributed by atoms with Gasteiger partial charge < -0.3 is 20.3 Å². The second-order valence-electron chi connectivity index (χ2n) is 5.23. The van der Waals surface area contributed by atoms with E-state index >= 15 is 0 Å². The Morgan fingerprint density at radius 3 is 3.06 bits per heavy atom. The maximum Gasteiger partial charge on any atom is 0.127 e. The van der Waals surface area contributed by atoms with Gasteiger partial charge in [-0.3, -0.25) is 0 Å². The lowest BCUT2D eigenvalue weighted by Crippen LogP contribution is -2.37. The standard InChI is InChI=1S/C14H19NO3/c16-7-9-2-1-3-12(9)15-13-8-18-14-6-10(17)4-5-11(13)14/h4-6,9,12-13,15-17H,1-3,7-8H2. The molecule has 1 heterocycles. The number of phenolic OH excluding ortho intramolecular Hbond substituents is 1. The Kier molecular flexibility index (Phi) is 3.14. The van der Waals surface area contributed by atoms with E-state index in [1.807, 2.05) is 6.07 Å². The van der Waals surface area contributed by atoms with Gasteiger partial charge in [-0.25, -0.2) is 0 Å². The van der Waals surface area contributed by atoms with Gasteiger partial charge >= 0.3 is 0 Å². The number of phenols is 1. The lowest BCUT2D eigenvalue weighted by Gasteiger charge is -2.23. The normalized spacial score (nSPS) is 30.2. The fourth-order valence-corrected chi connectivity index (χ4v) is 3.07. The molecule has 98 valence electrons. The van der Waals surface area contributed by atoms with Crippen LogP contribution in [0, 0.1) is 5.92 Å². The molecule has 0 saturated heterocycles. The number of rotatable bonds is 3. The van der Waals surface area contributed by atoms with Crippen molar-refractivity contribution in [2.75, 3.05) is 13.2 Å². The summed E-state index contributed by atoms with van der Waals surface area (Å²) in [7, 11) is 0. The Morgan fingerprint density at radius 2 is 2.22 bits per heavy atom. The predicted molar refractivity (Wildman–Crippen MR) is 67.7 cm³/mol. The van der Waals surface area contributed by atoms with Gasteiger partial charge in [0.1, 0.15) is 18.1 Å². The fourth-order valence-electron chi connectivity index (χ4n) is 3.07. The van der Waals surface area contributed by atoms with Crippen LogP contribution >= 0.6 is 0 Å². The number of benzene rings is 1. The SMILES string of the molecule is OCC1CCCC1NC1COc2cc(O)ccc21. The molecule has 1 aromatic carbocycles. The first kappa shape index (κ1) is 11.8. The zero-order valence-electron chi connectivity index (χ0n) is 10.3. The third-order valence-corrected chi connectivity index (χ3v) is 4.09. The topological polar surface area (TPSA) is 61.7 Å². The number of aliphatic hydroxyl groups is 1. The first-order chi connectivity index (χ1) is 8.78. The highest BCUT2D eigenvalue weighted by Crippen LogP contribution is 2.36. The number of fused-ring (bicyclic) bond motifs is 1. The first-order valence-corrected chi connectivity index (χ1v) is 6.60. The van der Waals surface area contributed by atoms with E-state index in [1.54, 1.807) is 12.1 Å². The van der Waals surface area contributed by atoms with Crippen molar-refractivity contribution in [2.24, 2.45) is 5.92 Å². The molecule has 4 heteroatoms. The molecule has 3 unspecified atom stereocenters. The molecule has 1 aliphatic carbocycles. The lowest BCUT2D eigenvalue weighted by atomic mass is 10.0. The molecule has 0 aromatic heterocycles. The maximum atomic E-state index is 9.41. The van der Waals surface area contributed by atoms with E-state index < -0.39 is 0 Å². The average Bonchev–Trinajstić information content (AvgIpc) is 2.96. The molecule has 2 aliphatic rings. The molecule has 3 N–H and O–H groups in total. The van der Waals surface area contributed by atoms with Gasteiger partial charge in [0.05, 0.1) is 6.04 Å². The van der Waals surface area contributed by atoms with Crippen LogP contribution in [0.5, 0.6) is 11.5 Å². The Morgan fingerprint density at radius 1 is 1.33 bits per heavy atom. The van der Waals surface area contributed by atoms with E-state index in [4.69, 9.17) is 4.74 Å². The second kappa shape index (κ2) is 4.78. The Balaban J connectivity index is 1.73. The van der Waals surface area contributed by atoms with E-state index in [-0.39, 0.29) is 18.4 Å². The first-order valence-electron chi connectivity index (χ1n) is 6.60. The van der Waals surface area contributed by atoms with Crippen LogP contribution in [0.15, 0.2) is 18.2 Å². The molecule has 0 spiro atoms. The predicted octanol–water partition coefficient (Wildman–Crippen LogP) is 1.58. The summed E-state index contributed by atoms with van der Waals surface area (Å²) in [6, 6.07) is 5.83. The smallest absolute Gasteiger partial charge is 0.127 e. The van der Waals surface area contributed by atoms with E-state index in [1.165, 1.54) is 6.42 Å². The molecule has 0 radical (unpaired) electrons. The van der Waals surface area contributed by atoms with Crippen molar-refractivity contribution in [2.45, 2.75) is 31.3 Å². The summed E-state index contributed by atoms with van der Waals surface area (Å²) in [4.78, 5) is 0. The molecule has 3 atom stereocenters. The molecular weight excluding hydrogens is 230 g/mol. The summed E-state index contributed by atoms with van der Waals surface area (Å²) in [5.41, 5.74) is 1.11. The number of hydrogen-bond acceptors (Lipinski definition) is 4. The average molecular weight is 249 g/mol. The van der Waals surface area contributed by atoms with Crippen LogP contribution in [0.2, 0.25) is 0 Å². The monoisotopic (exact) mass is 249 g/mol. The quantitative estimate of drug-likeness (QED) is 0.761. The molecule has 18 heavy (non-hydrogen) atoms. The molecule has 4 nitrogen and oxygen atoms in total. The van der Waals surface area contributed by atoms with E-state index in [9.17, 15) is 10.2 Å². The number of ether oxygens (including phenoxy) is 1. The van der Waals surface area contributed by atoms with Gasteiger partial charge in [0.15, 0.2) is 0 Å². The van der Waals surface area contributed by atoms with E-state index in [0.29, 0.717) is 18.6 Å². The summed E-state index contributed by atoms with van der Waals surface area (Å²) in [5.74, 6) is 1.38. The van der Waals surface area contributed by atoms with Gasteiger partial charge in [-0.15, -0.1) is 0 Å². The zero-order chi connectivity index (χ0) is 12.5. The maximum absolute atomic E-state index is 9.41. The Bertz CT molecular complexity index is 435. The molecular formula is C14H19NO3. The van der Waals surface area contributed by atoms with Crippen LogP contribution in [0.25, 0.3) is 0 Å². The van der Waals surface area contributed by atoms with Crippen LogP contribution in [-0.2, 0) is 0 Å². The third-order valence-electron chi connectivity index (χ3n) is 4.09. The van der Waals surface area contributed by atoms with Gasteiger partial charge in [-0.05, 0) is 30.9 Å². The van der Waals surface area contributed by atoms with Crippen LogP contribution in [0.1, 0.15) is 30.9 Å². The minimum absolute atomic E-state index is 0.178. The van der Waals surface area contributed by atoms with Crippen molar-refractivity contribution < 1.29 is 14.9 Å². The van der Waals surface area contributed by atoms with Crippen LogP contribution in [-0.4, -0.2) is 29.5 Å². The fraction of sp³-hybridized carbons (Fsp3) is 0.571. The summed E-state index contributed by atoms with van der Waals surface area (Å²) in [6.45, 7) is 0.862. The molecule has 1 aliphatic heterocycles. The second-order valence-corrected chi connectivity index (χ2v) is 5.23. The van der Waals surface area contributed by atoms with E-state index in [2.05, 4.69) is 5.32 Å². The minimum atomic E-state index is 0.178. The zero-order valence-corrected chi connectivity index (χ0v) is 10.3. The third kappa shape index (κ3) is 2.06. The van der Waals surface area contributed by atoms with Crippen LogP contribution in [0.4, 0.5) is 0 Å². The summed E-state index contributed by atoms with van der Waals surface area (Å²) in [5, 5.41) is 22.3. The van der Waals surface area contributed by atoms with Gasteiger partial charge in [0, 0.05) is 24.3 Å². The molecule has 1 fully saturated rings. The number of hydrogen-bond donors (Lipinski definition) is 3. The van der Waals surface area contributed by atoms with E-state index in [0.717, 1.165) is 24.2 Å².